The van der Waals surface area contributed by atoms with Crippen LogP contribution in [0.2, 0.25) is 0 Å². The average molecular weight is 351 g/mol. The van der Waals surface area contributed by atoms with Crippen molar-refractivity contribution < 1.29 is 19.1 Å². The van der Waals surface area contributed by atoms with Gasteiger partial charge >= 0.3 is 11.9 Å². The first kappa shape index (κ1) is 17.3. The molecule has 0 N–H and O–H groups in total. The Morgan fingerprint density at radius 1 is 1.15 bits per heavy atom. The number of ether oxygens (including phenoxy) is 2. The van der Waals surface area contributed by atoms with Crippen molar-refractivity contribution in [2.75, 3.05) is 6.61 Å². The van der Waals surface area contributed by atoms with E-state index in [2.05, 4.69) is 16.8 Å². The lowest BCUT2D eigenvalue weighted by Gasteiger charge is -2.10. The van der Waals surface area contributed by atoms with E-state index in [0.29, 0.717) is 11.4 Å². The van der Waals surface area contributed by atoms with E-state index in [9.17, 15) is 9.59 Å². The van der Waals surface area contributed by atoms with Crippen LogP contribution in [-0.4, -0.2) is 33.5 Å². The maximum absolute atomic E-state index is 12.0. The minimum Gasteiger partial charge on any atom is -0.462 e. The molecule has 0 amide bonds. The van der Waals surface area contributed by atoms with E-state index >= 15 is 0 Å². The fourth-order valence-electron chi connectivity index (χ4n) is 2.31. The van der Waals surface area contributed by atoms with Gasteiger partial charge in [-0.1, -0.05) is 24.8 Å². The van der Waals surface area contributed by atoms with Crippen LogP contribution in [0.3, 0.4) is 0 Å². The molecule has 0 saturated carbocycles. The van der Waals surface area contributed by atoms with Crippen LogP contribution in [-0.2, 0) is 14.3 Å². The van der Waals surface area contributed by atoms with Crippen LogP contribution >= 0.6 is 0 Å². The summed E-state index contributed by atoms with van der Waals surface area (Å²) in [6.45, 7) is 5.14. The fraction of sp³-hybridized carbons (Fsp3) is 0.158. The number of hydrogen-bond donors (Lipinski definition) is 0. The van der Waals surface area contributed by atoms with Gasteiger partial charge in [0.25, 0.3) is 0 Å². The Morgan fingerprint density at radius 2 is 1.85 bits per heavy atom. The van der Waals surface area contributed by atoms with Crippen molar-refractivity contribution in [2.45, 2.75) is 13.3 Å². The van der Waals surface area contributed by atoms with Gasteiger partial charge in [-0.25, -0.2) is 4.79 Å². The lowest BCUT2D eigenvalue weighted by atomic mass is 10.2. The van der Waals surface area contributed by atoms with E-state index in [0.717, 1.165) is 22.7 Å². The Balaban J connectivity index is 1.81. The minimum atomic E-state index is -0.582. The van der Waals surface area contributed by atoms with Crippen molar-refractivity contribution in [1.29, 1.82) is 0 Å². The van der Waals surface area contributed by atoms with Crippen LogP contribution in [0.5, 0.6) is 5.75 Å². The molecular formula is C19H17N3O4. The summed E-state index contributed by atoms with van der Waals surface area (Å²) in [5, 5.41) is 8.84. The molecule has 26 heavy (non-hydrogen) atoms. The summed E-state index contributed by atoms with van der Waals surface area (Å²) in [5.41, 5.74) is 3.00. The number of fused-ring (bicyclic) bond motifs is 1. The second kappa shape index (κ2) is 7.60. The lowest BCUT2D eigenvalue weighted by molar-refractivity contribution is -0.141. The maximum Gasteiger partial charge on any atom is 0.330 e. The maximum atomic E-state index is 12.0. The molecule has 0 aliphatic heterocycles. The highest BCUT2D eigenvalue weighted by molar-refractivity contribution is 5.81. The number of aryl methyl sites for hydroxylation is 1. The van der Waals surface area contributed by atoms with Gasteiger partial charge in [0.05, 0.1) is 6.42 Å². The van der Waals surface area contributed by atoms with Crippen molar-refractivity contribution in [3.8, 4) is 11.4 Å². The zero-order valence-corrected chi connectivity index (χ0v) is 14.2. The van der Waals surface area contributed by atoms with Crippen LogP contribution < -0.4 is 4.74 Å². The smallest absolute Gasteiger partial charge is 0.330 e. The first-order valence-electron chi connectivity index (χ1n) is 8.00. The van der Waals surface area contributed by atoms with Crippen LogP contribution in [0.4, 0.5) is 0 Å². The molecule has 0 spiro atoms. The van der Waals surface area contributed by atoms with Gasteiger partial charge in [0.1, 0.15) is 23.3 Å². The standard InChI is InChI=1S/C19H17N3O4/c1-3-18(23)25-11-10-19(24)26-17-9-8-13(2)12-16(17)22-20-14-6-4-5-7-15(14)21-22/h3-9,12H,1,10-11H2,2H3. The van der Waals surface area contributed by atoms with Crippen molar-refractivity contribution in [3.05, 3.63) is 60.7 Å². The van der Waals surface area contributed by atoms with Crippen molar-refractivity contribution in [1.82, 2.24) is 15.0 Å². The molecule has 0 fully saturated rings. The van der Waals surface area contributed by atoms with Gasteiger partial charge in [0, 0.05) is 6.08 Å². The third-order valence-corrected chi connectivity index (χ3v) is 3.56. The van der Waals surface area contributed by atoms with Crippen molar-refractivity contribution in [2.24, 2.45) is 0 Å². The van der Waals surface area contributed by atoms with Gasteiger partial charge < -0.3 is 9.47 Å². The third-order valence-electron chi connectivity index (χ3n) is 3.56. The number of carbonyl (C=O) groups is 2. The molecule has 3 aromatic rings. The Morgan fingerprint density at radius 3 is 2.50 bits per heavy atom. The van der Waals surface area contributed by atoms with E-state index in [4.69, 9.17) is 9.47 Å². The summed E-state index contributed by atoms with van der Waals surface area (Å²) >= 11 is 0. The van der Waals surface area contributed by atoms with Crippen molar-refractivity contribution in [3.63, 3.8) is 0 Å². The topological polar surface area (TPSA) is 83.3 Å². The van der Waals surface area contributed by atoms with Gasteiger partial charge in [0.2, 0.25) is 0 Å². The second-order valence-electron chi connectivity index (χ2n) is 5.55. The second-order valence-corrected chi connectivity index (χ2v) is 5.55. The first-order valence-corrected chi connectivity index (χ1v) is 8.00. The first-order chi connectivity index (χ1) is 12.6. The average Bonchev–Trinajstić information content (AvgIpc) is 3.07. The van der Waals surface area contributed by atoms with Crippen LogP contribution in [0.25, 0.3) is 16.7 Å². The van der Waals surface area contributed by atoms with E-state index < -0.39 is 11.9 Å². The number of carbonyl (C=O) groups excluding carboxylic acids is 2. The number of esters is 2. The number of hydrogen-bond acceptors (Lipinski definition) is 6. The quantitative estimate of drug-likeness (QED) is 0.386. The van der Waals surface area contributed by atoms with Crippen LogP contribution in [0.15, 0.2) is 55.1 Å². The molecule has 132 valence electrons. The number of rotatable bonds is 6. The fourth-order valence-corrected chi connectivity index (χ4v) is 2.31. The number of benzene rings is 2. The molecule has 3 rings (SSSR count). The predicted octanol–water partition coefficient (Wildman–Crippen LogP) is 2.75. The molecule has 0 aliphatic carbocycles. The highest BCUT2D eigenvalue weighted by atomic mass is 16.5. The summed E-state index contributed by atoms with van der Waals surface area (Å²) in [6.07, 6.45) is 0.971. The molecule has 7 heteroatoms. The summed E-state index contributed by atoms with van der Waals surface area (Å²) < 4.78 is 10.2. The largest absolute Gasteiger partial charge is 0.462 e. The number of nitrogens with zero attached hydrogens (tertiary/aromatic N) is 3. The van der Waals surface area contributed by atoms with E-state index in [1.54, 1.807) is 6.07 Å². The zero-order valence-electron chi connectivity index (χ0n) is 14.2. The predicted molar refractivity (Wildman–Crippen MR) is 95.0 cm³/mol. The molecule has 0 radical (unpaired) electrons. The molecule has 1 aromatic heterocycles. The van der Waals surface area contributed by atoms with Gasteiger partial charge in [-0.15, -0.1) is 15.0 Å². The van der Waals surface area contributed by atoms with Gasteiger partial charge in [-0.2, -0.15) is 0 Å². The summed E-state index contributed by atoms with van der Waals surface area (Å²) in [5.74, 6) is -0.777. The van der Waals surface area contributed by atoms with Crippen LogP contribution in [0, 0.1) is 6.92 Å². The Labute approximate surface area is 149 Å². The number of aromatic nitrogens is 3. The lowest BCUT2D eigenvalue weighted by Crippen LogP contribution is -2.14. The summed E-state index contributed by atoms with van der Waals surface area (Å²) in [6, 6.07) is 12.8. The highest BCUT2D eigenvalue weighted by Gasteiger charge is 2.14. The molecule has 1 heterocycles. The molecule has 7 nitrogen and oxygen atoms in total. The van der Waals surface area contributed by atoms with Gasteiger partial charge in [-0.05, 0) is 36.8 Å². The van der Waals surface area contributed by atoms with Gasteiger partial charge in [-0.3, -0.25) is 4.79 Å². The summed E-state index contributed by atoms with van der Waals surface area (Å²) in [4.78, 5) is 24.5. The van der Waals surface area contributed by atoms with Crippen molar-refractivity contribution >= 4 is 23.0 Å². The Kier molecular flexibility index (Phi) is 5.07. The van der Waals surface area contributed by atoms with E-state index in [1.165, 1.54) is 4.80 Å². The highest BCUT2D eigenvalue weighted by Crippen LogP contribution is 2.24. The molecule has 0 saturated heterocycles. The SMILES string of the molecule is C=CC(=O)OCCC(=O)Oc1ccc(C)cc1-n1nc2ccccc2n1. The summed E-state index contributed by atoms with van der Waals surface area (Å²) in [7, 11) is 0. The molecule has 0 atom stereocenters. The zero-order chi connectivity index (χ0) is 18.5. The third kappa shape index (κ3) is 3.94. The minimum absolute atomic E-state index is 0.0680. The molecule has 2 aromatic carbocycles. The molecule has 0 unspecified atom stereocenters. The van der Waals surface area contributed by atoms with E-state index in [-0.39, 0.29) is 13.0 Å². The monoisotopic (exact) mass is 351 g/mol. The Bertz CT molecular complexity index is 945. The molecule has 0 aliphatic rings. The normalized spacial score (nSPS) is 10.5. The van der Waals surface area contributed by atoms with E-state index in [1.807, 2.05) is 43.3 Å². The van der Waals surface area contributed by atoms with Gasteiger partial charge in [0.15, 0.2) is 5.75 Å². The molecule has 0 bridgehead atoms. The molecular weight excluding hydrogens is 334 g/mol. The Hall–Kier alpha value is -3.48. The van der Waals surface area contributed by atoms with Crippen LogP contribution in [0.1, 0.15) is 12.0 Å².